The van der Waals surface area contributed by atoms with Crippen LogP contribution < -0.4 is 0 Å². The van der Waals surface area contributed by atoms with Crippen molar-refractivity contribution in [2.45, 2.75) is 38.7 Å². The van der Waals surface area contributed by atoms with E-state index >= 15 is 0 Å². The first-order valence-electron chi connectivity index (χ1n) is 7.04. The summed E-state index contributed by atoms with van der Waals surface area (Å²) in [4.78, 5) is 18.0. The number of rotatable bonds is 6. The molecule has 1 aromatic heterocycles. The molecule has 7 nitrogen and oxygen atoms in total. The van der Waals surface area contributed by atoms with Gasteiger partial charge in [0.1, 0.15) is 0 Å². The molecule has 0 spiro atoms. The number of morpholine rings is 1. The highest BCUT2D eigenvalue weighted by atomic mass is 16.5. The van der Waals surface area contributed by atoms with Gasteiger partial charge in [0.05, 0.1) is 19.3 Å². The summed E-state index contributed by atoms with van der Waals surface area (Å²) < 4.78 is 10.4. The zero-order valence-electron chi connectivity index (χ0n) is 11.7. The van der Waals surface area contributed by atoms with Crippen LogP contribution in [0.1, 0.15) is 31.5 Å². The standard InChI is InChI=1S/C13H21N3O4/c1-2-3-11-14-12(20-15-11)4-5-13(18)16-6-7-19-10(8-16)9-17/h10,17H,2-9H2,1H3. The molecular formula is C13H21N3O4. The van der Waals surface area contributed by atoms with Gasteiger partial charge in [0.15, 0.2) is 5.82 Å². The number of carbonyl (C=O) groups is 1. The zero-order valence-corrected chi connectivity index (χ0v) is 11.7. The number of carbonyl (C=O) groups excluding carboxylic acids is 1. The van der Waals surface area contributed by atoms with Gasteiger partial charge in [-0.1, -0.05) is 12.1 Å². The minimum atomic E-state index is -0.271. The topological polar surface area (TPSA) is 88.7 Å². The molecule has 1 saturated heterocycles. The molecular weight excluding hydrogens is 262 g/mol. The maximum atomic E-state index is 12.1. The number of aliphatic hydroxyl groups excluding tert-OH is 1. The van der Waals surface area contributed by atoms with Gasteiger partial charge in [-0.3, -0.25) is 4.79 Å². The van der Waals surface area contributed by atoms with Gasteiger partial charge in [0, 0.05) is 32.4 Å². The molecule has 20 heavy (non-hydrogen) atoms. The van der Waals surface area contributed by atoms with Gasteiger partial charge < -0.3 is 19.3 Å². The van der Waals surface area contributed by atoms with E-state index in [0.717, 1.165) is 12.8 Å². The molecule has 1 unspecified atom stereocenters. The van der Waals surface area contributed by atoms with E-state index in [4.69, 9.17) is 14.4 Å². The Labute approximate surface area is 117 Å². The highest BCUT2D eigenvalue weighted by molar-refractivity contribution is 5.76. The van der Waals surface area contributed by atoms with Gasteiger partial charge >= 0.3 is 0 Å². The molecule has 2 rings (SSSR count). The monoisotopic (exact) mass is 283 g/mol. The summed E-state index contributed by atoms with van der Waals surface area (Å²) in [5.74, 6) is 1.23. The molecule has 1 atom stereocenters. The molecule has 1 aliphatic heterocycles. The third-order valence-corrected chi connectivity index (χ3v) is 3.23. The number of nitrogens with zero attached hydrogens (tertiary/aromatic N) is 3. The van der Waals surface area contributed by atoms with Crippen molar-refractivity contribution in [3.8, 4) is 0 Å². The highest BCUT2D eigenvalue weighted by Gasteiger charge is 2.23. The van der Waals surface area contributed by atoms with E-state index in [-0.39, 0.29) is 18.6 Å². The van der Waals surface area contributed by atoms with Crippen LogP contribution in [-0.4, -0.2) is 58.5 Å². The summed E-state index contributed by atoms with van der Waals surface area (Å²) in [5.41, 5.74) is 0. The van der Waals surface area contributed by atoms with E-state index in [0.29, 0.717) is 44.3 Å². The van der Waals surface area contributed by atoms with Crippen molar-refractivity contribution in [1.29, 1.82) is 0 Å². The lowest BCUT2D eigenvalue weighted by molar-refractivity contribution is -0.140. The van der Waals surface area contributed by atoms with Crippen LogP contribution in [0.25, 0.3) is 0 Å². The Morgan fingerprint density at radius 2 is 2.35 bits per heavy atom. The minimum absolute atomic E-state index is 0.0296. The van der Waals surface area contributed by atoms with Gasteiger partial charge in [-0.15, -0.1) is 0 Å². The summed E-state index contributed by atoms with van der Waals surface area (Å²) in [7, 11) is 0. The first-order chi connectivity index (χ1) is 9.72. The van der Waals surface area contributed by atoms with Crippen molar-refractivity contribution < 1.29 is 19.2 Å². The molecule has 1 aliphatic rings. The van der Waals surface area contributed by atoms with Gasteiger partial charge in [-0.05, 0) is 6.42 Å². The van der Waals surface area contributed by atoms with Crippen LogP contribution in [0.3, 0.4) is 0 Å². The number of aryl methyl sites for hydroxylation is 2. The molecule has 2 heterocycles. The highest BCUT2D eigenvalue weighted by Crippen LogP contribution is 2.09. The first kappa shape index (κ1) is 14.9. The van der Waals surface area contributed by atoms with E-state index in [1.165, 1.54) is 0 Å². The summed E-state index contributed by atoms with van der Waals surface area (Å²) in [6.07, 6.45) is 2.28. The fourth-order valence-electron chi connectivity index (χ4n) is 2.15. The summed E-state index contributed by atoms with van der Waals surface area (Å²) in [6, 6.07) is 0. The fraction of sp³-hybridized carbons (Fsp3) is 0.769. The lowest BCUT2D eigenvalue weighted by Crippen LogP contribution is -2.46. The van der Waals surface area contributed by atoms with Crippen LogP contribution in [-0.2, 0) is 22.4 Å². The molecule has 0 radical (unpaired) electrons. The van der Waals surface area contributed by atoms with Gasteiger partial charge in [0.2, 0.25) is 11.8 Å². The van der Waals surface area contributed by atoms with Crippen LogP contribution in [0.4, 0.5) is 0 Å². The molecule has 1 aromatic rings. The van der Waals surface area contributed by atoms with Gasteiger partial charge in [0.25, 0.3) is 0 Å². The third kappa shape index (κ3) is 4.01. The molecule has 1 fully saturated rings. The second-order valence-electron chi connectivity index (χ2n) is 4.87. The average Bonchev–Trinajstić information content (AvgIpc) is 2.93. The van der Waals surface area contributed by atoms with E-state index in [2.05, 4.69) is 17.1 Å². The number of hydrogen-bond acceptors (Lipinski definition) is 6. The van der Waals surface area contributed by atoms with Crippen LogP contribution in [0.2, 0.25) is 0 Å². The molecule has 1 N–H and O–H groups in total. The van der Waals surface area contributed by atoms with Crippen molar-refractivity contribution in [2.75, 3.05) is 26.3 Å². The Morgan fingerprint density at radius 1 is 1.50 bits per heavy atom. The third-order valence-electron chi connectivity index (χ3n) is 3.23. The smallest absolute Gasteiger partial charge is 0.227 e. The Morgan fingerprint density at radius 3 is 3.10 bits per heavy atom. The molecule has 0 aliphatic carbocycles. The van der Waals surface area contributed by atoms with Gasteiger partial charge in [-0.2, -0.15) is 4.98 Å². The fourth-order valence-corrected chi connectivity index (χ4v) is 2.15. The maximum Gasteiger partial charge on any atom is 0.227 e. The predicted octanol–water partition coefficient (Wildman–Crippen LogP) is 0.174. The zero-order chi connectivity index (χ0) is 14.4. The van der Waals surface area contributed by atoms with E-state index in [1.807, 2.05) is 0 Å². The number of ether oxygens (including phenoxy) is 1. The number of hydrogen-bond donors (Lipinski definition) is 1. The van der Waals surface area contributed by atoms with Crippen molar-refractivity contribution in [2.24, 2.45) is 0 Å². The molecule has 7 heteroatoms. The predicted molar refractivity (Wildman–Crippen MR) is 70.0 cm³/mol. The van der Waals surface area contributed by atoms with Crippen molar-refractivity contribution in [1.82, 2.24) is 15.0 Å². The van der Waals surface area contributed by atoms with Crippen LogP contribution in [0.15, 0.2) is 4.52 Å². The normalized spacial score (nSPS) is 19.3. The summed E-state index contributed by atoms with van der Waals surface area (Å²) in [5, 5.41) is 12.9. The second kappa shape index (κ2) is 7.35. The van der Waals surface area contributed by atoms with Crippen LogP contribution in [0, 0.1) is 0 Å². The second-order valence-corrected chi connectivity index (χ2v) is 4.87. The first-order valence-corrected chi connectivity index (χ1v) is 7.04. The molecule has 0 bridgehead atoms. The Bertz CT molecular complexity index is 435. The largest absolute Gasteiger partial charge is 0.394 e. The number of amides is 1. The molecule has 0 saturated carbocycles. The SMILES string of the molecule is CCCc1noc(CCC(=O)N2CCOC(CO)C2)n1. The van der Waals surface area contributed by atoms with E-state index in [1.54, 1.807) is 4.90 Å². The molecule has 112 valence electrons. The maximum absolute atomic E-state index is 12.1. The Balaban J connectivity index is 1.79. The average molecular weight is 283 g/mol. The van der Waals surface area contributed by atoms with Crippen molar-refractivity contribution in [3.05, 3.63) is 11.7 Å². The quantitative estimate of drug-likeness (QED) is 0.801. The van der Waals surface area contributed by atoms with E-state index in [9.17, 15) is 4.79 Å². The Kier molecular flexibility index (Phi) is 5.49. The van der Waals surface area contributed by atoms with Crippen LogP contribution >= 0.6 is 0 Å². The summed E-state index contributed by atoms with van der Waals surface area (Å²) >= 11 is 0. The Hall–Kier alpha value is -1.47. The van der Waals surface area contributed by atoms with Crippen molar-refractivity contribution >= 4 is 5.91 Å². The van der Waals surface area contributed by atoms with Crippen LogP contribution in [0.5, 0.6) is 0 Å². The summed E-state index contributed by atoms with van der Waals surface area (Å²) in [6.45, 7) is 3.47. The number of aromatic nitrogens is 2. The molecule has 1 amide bonds. The lowest BCUT2D eigenvalue weighted by atomic mass is 10.2. The molecule has 0 aromatic carbocycles. The number of aliphatic hydroxyl groups is 1. The van der Waals surface area contributed by atoms with Crippen molar-refractivity contribution in [3.63, 3.8) is 0 Å². The van der Waals surface area contributed by atoms with Gasteiger partial charge in [-0.25, -0.2) is 0 Å². The lowest BCUT2D eigenvalue weighted by Gasteiger charge is -2.32. The minimum Gasteiger partial charge on any atom is -0.394 e. The van der Waals surface area contributed by atoms with E-state index < -0.39 is 0 Å².